The van der Waals surface area contributed by atoms with Gasteiger partial charge in [0.2, 0.25) is 0 Å². The lowest BCUT2D eigenvalue weighted by molar-refractivity contribution is 0.179. The van der Waals surface area contributed by atoms with Crippen LogP contribution in [0.25, 0.3) is 0 Å². The number of halogens is 2. The number of aliphatic hydroxyl groups excluding tert-OH is 1. The van der Waals surface area contributed by atoms with Crippen molar-refractivity contribution in [1.29, 1.82) is 0 Å². The highest BCUT2D eigenvalue weighted by Gasteiger charge is 2.17. The fraction of sp³-hybridized carbons (Fsp3) is 0.250. The van der Waals surface area contributed by atoms with Crippen LogP contribution in [-0.2, 0) is 13.5 Å². The van der Waals surface area contributed by atoms with Gasteiger partial charge in [-0.1, -0.05) is 12.1 Å². The van der Waals surface area contributed by atoms with Crippen molar-refractivity contribution in [2.24, 2.45) is 7.05 Å². The molecule has 0 aliphatic carbocycles. The summed E-state index contributed by atoms with van der Waals surface area (Å²) in [5.74, 6) is 0.0638. The minimum atomic E-state index is -0.809. The van der Waals surface area contributed by atoms with E-state index in [1.165, 1.54) is 16.9 Å². The standard InChI is InChI=1S/C12H13BrFN3O/c1-17-12(15)8(6-16-17)10(18)5-7-3-2-4-9(14)11(7)13/h2-4,6,10,18H,5,15H2,1H3. The Labute approximate surface area is 112 Å². The fourth-order valence-corrected chi connectivity index (χ4v) is 2.17. The van der Waals surface area contributed by atoms with E-state index in [4.69, 9.17) is 5.73 Å². The lowest BCUT2D eigenvalue weighted by Crippen LogP contribution is -2.06. The monoisotopic (exact) mass is 313 g/mol. The van der Waals surface area contributed by atoms with Crippen LogP contribution in [-0.4, -0.2) is 14.9 Å². The molecule has 0 saturated carbocycles. The minimum Gasteiger partial charge on any atom is -0.388 e. The van der Waals surface area contributed by atoms with E-state index < -0.39 is 6.10 Å². The van der Waals surface area contributed by atoms with E-state index in [-0.39, 0.29) is 12.2 Å². The summed E-state index contributed by atoms with van der Waals surface area (Å²) in [6.45, 7) is 0. The Bertz CT molecular complexity index is 570. The number of aromatic nitrogens is 2. The number of hydrogen-bond acceptors (Lipinski definition) is 3. The van der Waals surface area contributed by atoms with Gasteiger partial charge in [-0.3, -0.25) is 4.68 Å². The van der Waals surface area contributed by atoms with Gasteiger partial charge in [0.05, 0.1) is 16.8 Å². The molecule has 0 aliphatic rings. The fourth-order valence-electron chi connectivity index (χ4n) is 1.75. The summed E-state index contributed by atoms with van der Waals surface area (Å²) in [5.41, 5.74) is 7.02. The zero-order chi connectivity index (χ0) is 13.3. The number of benzene rings is 1. The molecule has 18 heavy (non-hydrogen) atoms. The third-order valence-corrected chi connectivity index (χ3v) is 3.71. The van der Waals surface area contributed by atoms with Gasteiger partial charge in [-0.15, -0.1) is 0 Å². The summed E-state index contributed by atoms with van der Waals surface area (Å²) in [6, 6.07) is 4.72. The lowest BCUT2D eigenvalue weighted by Gasteiger charge is -2.11. The Kier molecular flexibility index (Phi) is 3.68. The Morgan fingerprint density at radius 1 is 1.56 bits per heavy atom. The zero-order valence-electron chi connectivity index (χ0n) is 9.77. The topological polar surface area (TPSA) is 64.1 Å². The van der Waals surface area contributed by atoms with Gasteiger partial charge in [-0.25, -0.2) is 4.39 Å². The molecule has 1 unspecified atom stereocenters. The molecule has 0 spiro atoms. The Balaban J connectivity index is 2.24. The highest BCUT2D eigenvalue weighted by molar-refractivity contribution is 9.10. The molecule has 1 atom stereocenters. The van der Waals surface area contributed by atoms with Gasteiger partial charge in [0.1, 0.15) is 11.6 Å². The molecular weight excluding hydrogens is 301 g/mol. The van der Waals surface area contributed by atoms with Crippen molar-refractivity contribution < 1.29 is 9.50 Å². The lowest BCUT2D eigenvalue weighted by atomic mass is 10.0. The molecule has 0 amide bonds. The van der Waals surface area contributed by atoms with Crippen LogP contribution in [0.1, 0.15) is 17.2 Å². The van der Waals surface area contributed by atoms with E-state index in [9.17, 15) is 9.50 Å². The number of anilines is 1. The van der Waals surface area contributed by atoms with E-state index >= 15 is 0 Å². The van der Waals surface area contributed by atoms with E-state index in [1.807, 2.05) is 0 Å². The maximum absolute atomic E-state index is 13.3. The Morgan fingerprint density at radius 3 is 2.89 bits per heavy atom. The van der Waals surface area contributed by atoms with Crippen molar-refractivity contribution in [1.82, 2.24) is 9.78 Å². The second-order valence-electron chi connectivity index (χ2n) is 4.04. The molecule has 0 aliphatic heterocycles. The van der Waals surface area contributed by atoms with Crippen molar-refractivity contribution in [3.63, 3.8) is 0 Å². The van der Waals surface area contributed by atoms with Crippen LogP contribution in [0.2, 0.25) is 0 Å². The van der Waals surface area contributed by atoms with Crippen molar-refractivity contribution in [3.8, 4) is 0 Å². The van der Waals surface area contributed by atoms with E-state index in [0.717, 1.165) is 0 Å². The number of aliphatic hydroxyl groups is 1. The van der Waals surface area contributed by atoms with Crippen LogP contribution in [0, 0.1) is 5.82 Å². The van der Waals surface area contributed by atoms with Crippen LogP contribution >= 0.6 is 15.9 Å². The smallest absolute Gasteiger partial charge is 0.137 e. The molecule has 1 aromatic carbocycles. The van der Waals surface area contributed by atoms with Gasteiger partial charge in [0.15, 0.2) is 0 Å². The van der Waals surface area contributed by atoms with Crippen LogP contribution in [0.5, 0.6) is 0 Å². The van der Waals surface area contributed by atoms with E-state index in [0.29, 0.717) is 21.4 Å². The highest BCUT2D eigenvalue weighted by Crippen LogP contribution is 2.27. The largest absolute Gasteiger partial charge is 0.388 e. The molecule has 2 rings (SSSR count). The summed E-state index contributed by atoms with van der Waals surface area (Å²) < 4.78 is 15.2. The first-order valence-electron chi connectivity index (χ1n) is 5.39. The normalized spacial score (nSPS) is 12.7. The summed E-state index contributed by atoms with van der Waals surface area (Å²) in [4.78, 5) is 0. The van der Waals surface area contributed by atoms with E-state index in [2.05, 4.69) is 21.0 Å². The quantitative estimate of drug-likeness (QED) is 0.913. The van der Waals surface area contributed by atoms with E-state index in [1.54, 1.807) is 19.2 Å². The Morgan fingerprint density at radius 2 is 2.28 bits per heavy atom. The van der Waals surface area contributed by atoms with Gasteiger partial charge in [-0.05, 0) is 27.6 Å². The summed E-state index contributed by atoms with van der Waals surface area (Å²) in [5, 5.41) is 14.1. The first kappa shape index (κ1) is 13.0. The maximum Gasteiger partial charge on any atom is 0.137 e. The highest BCUT2D eigenvalue weighted by atomic mass is 79.9. The van der Waals surface area contributed by atoms with Gasteiger partial charge >= 0.3 is 0 Å². The zero-order valence-corrected chi connectivity index (χ0v) is 11.4. The average Bonchev–Trinajstić information content (AvgIpc) is 2.66. The van der Waals surface area contributed by atoms with Crippen molar-refractivity contribution in [2.45, 2.75) is 12.5 Å². The molecule has 1 aromatic heterocycles. The third kappa shape index (κ3) is 2.39. The van der Waals surface area contributed by atoms with Gasteiger partial charge in [0, 0.05) is 19.0 Å². The number of hydrogen-bond donors (Lipinski definition) is 2. The summed E-state index contributed by atoms with van der Waals surface area (Å²) in [6.07, 6.45) is 0.985. The van der Waals surface area contributed by atoms with Crippen molar-refractivity contribution in [2.75, 3.05) is 5.73 Å². The number of rotatable bonds is 3. The average molecular weight is 314 g/mol. The first-order chi connectivity index (χ1) is 8.50. The molecule has 0 saturated heterocycles. The van der Waals surface area contributed by atoms with Crippen LogP contribution in [0.4, 0.5) is 10.2 Å². The van der Waals surface area contributed by atoms with Crippen molar-refractivity contribution in [3.05, 3.63) is 45.8 Å². The summed E-state index contributed by atoms with van der Waals surface area (Å²) >= 11 is 3.17. The third-order valence-electron chi connectivity index (χ3n) is 2.82. The molecular formula is C12H13BrFN3O. The first-order valence-corrected chi connectivity index (χ1v) is 6.18. The predicted molar refractivity (Wildman–Crippen MR) is 70.4 cm³/mol. The number of nitrogens with two attached hydrogens (primary N) is 1. The SMILES string of the molecule is Cn1ncc(C(O)Cc2cccc(F)c2Br)c1N. The minimum absolute atomic E-state index is 0.272. The molecule has 0 bridgehead atoms. The van der Waals surface area contributed by atoms with Gasteiger partial charge in [-0.2, -0.15) is 5.10 Å². The van der Waals surface area contributed by atoms with Crippen LogP contribution in [0.3, 0.4) is 0 Å². The van der Waals surface area contributed by atoms with Gasteiger partial charge < -0.3 is 10.8 Å². The molecule has 96 valence electrons. The number of aryl methyl sites for hydroxylation is 1. The van der Waals surface area contributed by atoms with Gasteiger partial charge in [0.25, 0.3) is 0 Å². The molecule has 2 aromatic rings. The predicted octanol–water partition coefficient (Wildman–Crippen LogP) is 2.18. The molecule has 0 fully saturated rings. The molecule has 0 radical (unpaired) electrons. The van der Waals surface area contributed by atoms with Crippen molar-refractivity contribution >= 4 is 21.7 Å². The molecule has 4 nitrogen and oxygen atoms in total. The second kappa shape index (κ2) is 5.07. The molecule has 1 heterocycles. The number of nitrogen functional groups attached to an aromatic ring is 1. The number of nitrogens with zero attached hydrogens (tertiary/aromatic N) is 2. The molecule has 3 N–H and O–H groups in total. The Hall–Kier alpha value is -1.40. The molecule has 6 heteroatoms. The maximum atomic E-state index is 13.3. The van der Waals surface area contributed by atoms with Crippen LogP contribution in [0.15, 0.2) is 28.9 Å². The summed E-state index contributed by atoms with van der Waals surface area (Å²) in [7, 11) is 1.70. The van der Waals surface area contributed by atoms with Crippen LogP contribution < -0.4 is 5.73 Å². The second-order valence-corrected chi connectivity index (χ2v) is 4.83.